The second kappa shape index (κ2) is 5.02. The predicted molar refractivity (Wildman–Crippen MR) is 62.2 cm³/mol. The smallest absolute Gasteiger partial charge is 0.291 e. The van der Waals surface area contributed by atoms with Crippen molar-refractivity contribution in [1.29, 1.82) is 0 Å². The highest BCUT2D eigenvalue weighted by atomic mass is 79.9. The van der Waals surface area contributed by atoms with Crippen LogP contribution in [-0.4, -0.2) is 19.0 Å². The molecule has 0 heterocycles. The Bertz CT molecular complexity index is 379. The molecule has 0 atom stereocenters. The standard InChI is InChI=1S/C10H12BrNO3/c1-6-8(14-2)5-4-7(9(6)15-3)12-10(11)13/h4-5H,1-3H3,(H,12,13). The van der Waals surface area contributed by atoms with Gasteiger partial charge in [-0.15, -0.1) is 0 Å². The van der Waals surface area contributed by atoms with Crippen molar-refractivity contribution in [3.8, 4) is 11.5 Å². The van der Waals surface area contributed by atoms with Gasteiger partial charge in [0.05, 0.1) is 19.9 Å². The third kappa shape index (κ3) is 2.62. The van der Waals surface area contributed by atoms with Crippen molar-refractivity contribution < 1.29 is 14.3 Å². The van der Waals surface area contributed by atoms with Crippen LogP contribution in [0.5, 0.6) is 11.5 Å². The van der Waals surface area contributed by atoms with Crippen LogP contribution in [0.15, 0.2) is 12.1 Å². The molecule has 1 amide bonds. The number of benzene rings is 1. The molecule has 1 N–H and O–H groups in total. The number of hydrogen-bond acceptors (Lipinski definition) is 3. The third-order valence-electron chi connectivity index (χ3n) is 2.01. The van der Waals surface area contributed by atoms with Gasteiger partial charge in [0, 0.05) is 21.5 Å². The Morgan fingerprint density at radius 1 is 1.33 bits per heavy atom. The second-order valence-corrected chi connectivity index (χ2v) is 3.59. The maximum atomic E-state index is 10.9. The first kappa shape index (κ1) is 11.8. The summed E-state index contributed by atoms with van der Waals surface area (Å²) in [5.41, 5.74) is 1.46. The van der Waals surface area contributed by atoms with E-state index in [-0.39, 0.29) is 4.82 Å². The van der Waals surface area contributed by atoms with Gasteiger partial charge in [0.15, 0.2) is 0 Å². The van der Waals surface area contributed by atoms with Gasteiger partial charge in [-0.2, -0.15) is 0 Å². The molecule has 1 aromatic carbocycles. The molecule has 4 nitrogen and oxygen atoms in total. The molecule has 0 bridgehead atoms. The topological polar surface area (TPSA) is 47.6 Å². The first-order valence-electron chi connectivity index (χ1n) is 4.28. The Labute approximate surface area is 96.7 Å². The van der Waals surface area contributed by atoms with Crippen LogP contribution in [0, 0.1) is 6.92 Å². The number of methoxy groups -OCH3 is 2. The summed E-state index contributed by atoms with van der Waals surface area (Å²) in [6, 6.07) is 3.50. The largest absolute Gasteiger partial charge is 0.496 e. The zero-order chi connectivity index (χ0) is 11.4. The molecule has 0 aliphatic carbocycles. The number of amides is 1. The van der Waals surface area contributed by atoms with Gasteiger partial charge in [0.2, 0.25) is 0 Å². The van der Waals surface area contributed by atoms with Gasteiger partial charge in [-0.25, -0.2) is 0 Å². The van der Waals surface area contributed by atoms with Gasteiger partial charge in [-0.05, 0) is 19.1 Å². The lowest BCUT2D eigenvalue weighted by Gasteiger charge is -2.13. The molecule has 0 radical (unpaired) electrons. The Kier molecular flexibility index (Phi) is 3.96. The lowest BCUT2D eigenvalue weighted by atomic mass is 10.1. The average Bonchev–Trinajstić information content (AvgIpc) is 2.18. The Hall–Kier alpha value is -1.23. The van der Waals surface area contributed by atoms with E-state index in [9.17, 15) is 4.79 Å². The van der Waals surface area contributed by atoms with E-state index in [4.69, 9.17) is 9.47 Å². The van der Waals surface area contributed by atoms with E-state index in [2.05, 4.69) is 21.2 Å². The SMILES string of the molecule is COc1ccc(NC(=O)Br)c(OC)c1C. The van der Waals surface area contributed by atoms with Crippen molar-refractivity contribution in [2.45, 2.75) is 6.92 Å². The van der Waals surface area contributed by atoms with Crippen molar-refractivity contribution in [1.82, 2.24) is 0 Å². The molecule has 5 heteroatoms. The maximum Gasteiger partial charge on any atom is 0.291 e. The van der Waals surface area contributed by atoms with Gasteiger partial charge < -0.3 is 14.8 Å². The van der Waals surface area contributed by atoms with E-state index >= 15 is 0 Å². The molecule has 0 saturated heterocycles. The van der Waals surface area contributed by atoms with Gasteiger partial charge >= 0.3 is 0 Å². The molecule has 0 aliphatic heterocycles. The molecule has 1 aromatic rings. The van der Waals surface area contributed by atoms with E-state index < -0.39 is 0 Å². The fraction of sp³-hybridized carbons (Fsp3) is 0.300. The first-order valence-corrected chi connectivity index (χ1v) is 5.07. The van der Waals surface area contributed by atoms with E-state index in [1.54, 1.807) is 26.4 Å². The summed E-state index contributed by atoms with van der Waals surface area (Å²) in [5.74, 6) is 1.32. The first-order chi connectivity index (χ1) is 7.10. The molecular weight excluding hydrogens is 262 g/mol. The van der Waals surface area contributed by atoms with Crippen LogP contribution in [0.25, 0.3) is 0 Å². The van der Waals surface area contributed by atoms with Crippen molar-refractivity contribution in [3.63, 3.8) is 0 Å². The van der Waals surface area contributed by atoms with Crippen LogP contribution in [-0.2, 0) is 0 Å². The van der Waals surface area contributed by atoms with Crippen molar-refractivity contribution >= 4 is 26.4 Å². The third-order valence-corrected chi connectivity index (χ3v) is 2.21. The van der Waals surface area contributed by atoms with Gasteiger partial charge in [-0.1, -0.05) is 0 Å². The molecule has 1 rings (SSSR count). The summed E-state index contributed by atoms with van der Waals surface area (Å²) in [6.45, 7) is 1.86. The van der Waals surface area contributed by atoms with E-state index in [0.717, 1.165) is 11.3 Å². The predicted octanol–water partition coefficient (Wildman–Crippen LogP) is 2.94. The van der Waals surface area contributed by atoms with Crippen LogP contribution in [0.4, 0.5) is 10.5 Å². The van der Waals surface area contributed by atoms with E-state index in [1.165, 1.54) is 0 Å². The quantitative estimate of drug-likeness (QED) is 0.681. The highest BCUT2D eigenvalue weighted by Gasteiger charge is 2.11. The summed E-state index contributed by atoms with van der Waals surface area (Å²) in [7, 11) is 3.14. The zero-order valence-corrected chi connectivity index (χ0v) is 10.3. The minimum Gasteiger partial charge on any atom is -0.496 e. The van der Waals surface area contributed by atoms with Gasteiger partial charge in [0.1, 0.15) is 11.5 Å². The summed E-state index contributed by atoms with van der Waals surface area (Å²) >= 11 is 2.80. The van der Waals surface area contributed by atoms with Crippen LogP contribution in [0.2, 0.25) is 0 Å². The van der Waals surface area contributed by atoms with Crippen LogP contribution < -0.4 is 14.8 Å². The zero-order valence-electron chi connectivity index (χ0n) is 8.76. The van der Waals surface area contributed by atoms with E-state index in [1.807, 2.05) is 6.92 Å². The number of anilines is 1. The lowest BCUT2D eigenvalue weighted by molar-refractivity contribution is 0.270. The normalized spacial score (nSPS) is 9.60. The fourth-order valence-electron chi connectivity index (χ4n) is 1.36. The molecule has 0 fully saturated rings. The van der Waals surface area contributed by atoms with Crippen molar-refractivity contribution in [2.75, 3.05) is 19.5 Å². The number of carbonyl (C=O) groups excluding carboxylic acids is 1. The van der Waals surface area contributed by atoms with E-state index in [0.29, 0.717) is 11.4 Å². The highest BCUT2D eigenvalue weighted by molar-refractivity contribution is 9.18. The van der Waals surface area contributed by atoms with Gasteiger partial charge in [-0.3, -0.25) is 4.79 Å². The number of carbonyl (C=O) groups is 1. The average molecular weight is 274 g/mol. The molecule has 82 valence electrons. The number of halogens is 1. The summed E-state index contributed by atoms with van der Waals surface area (Å²) in [4.78, 5) is 10.6. The summed E-state index contributed by atoms with van der Waals surface area (Å²) in [6.07, 6.45) is 0. The molecule has 0 unspecified atom stereocenters. The molecule has 0 saturated carbocycles. The number of hydrogen-bond donors (Lipinski definition) is 1. The van der Waals surface area contributed by atoms with Crippen LogP contribution >= 0.6 is 15.9 Å². The van der Waals surface area contributed by atoms with Crippen molar-refractivity contribution in [2.24, 2.45) is 0 Å². The number of ether oxygens (including phenoxy) is 2. The second-order valence-electron chi connectivity index (χ2n) is 2.87. The maximum absolute atomic E-state index is 10.9. The Balaban J connectivity index is 3.18. The summed E-state index contributed by atoms with van der Waals surface area (Å²) in [5, 5.41) is 2.61. The Morgan fingerprint density at radius 2 is 2.00 bits per heavy atom. The molecule has 0 aromatic heterocycles. The monoisotopic (exact) mass is 273 g/mol. The minimum atomic E-state index is -0.314. The molecule has 0 aliphatic rings. The minimum absolute atomic E-state index is 0.314. The lowest BCUT2D eigenvalue weighted by Crippen LogP contribution is -2.04. The number of rotatable bonds is 3. The Morgan fingerprint density at radius 3 is 2.47 bits per heavy atom. The van der Waals surface area contributed by atoms with Crippen molar-refractivity contribution in [3.05, 3.63) is 17.7 Å². The highest BCUT2D eigenvalue weighted by Crippen LogP contribution is 2.34. The fourth-order valence-corrected chi connectivity index (χ4v) is 1.58. The van der Waals surface area contributed by atoms with Crippen LogP contribution in [0.1, 0.15) is 5.56 Å². The molecule has 0 spiro atoms. The van der Waals surface area contributed by atoms with Crippen LogP contribution in [0.3, 0.4) is 0 Å². The summed E-state index contributed by atoms with van der Waals surface area (Å²) < 4.78 is 10.3. The number of nitrogens with one attached hydrogen (secondary N) is 1. The molecule has 15 heavy (non-hydrogen) atoms. The van der Waals surface area contributed by atoms with Gasteiger partial charge in [0.25, 0.3) is 4.82 Å². The molecular formula is C10H12BrNO3.